The second-order valence-corrected chi connectivity index (χ2v) is 13.2. The smallest absolute Gasteiger partial charge is 0.256 e. The fraction of sp³-hybridized carbons (Fsp3) is 0. The molecule has 238 valence electrons. The van der Waals surface area contributed by atoms with Gasteiger partial charge in [-0.2, -0.15) is 0 Å². The predicted molar refractivity (Wildman–Crippen MR) is 211 cm³/mol. The lowest BCUT2D eigenvalue weighted by Gasteiger charge is -2.47. The Hall–Kier alpha value is -6.79. The van der Waals surface area contributed by atoms with Crippen LogP contribution in [0.4, 0.5) is 51.2 Å². The third-order valence-electron chi connectivity index (χ3n) is 10.5. The molecule has 0 fully saturated rings. The Balaban J connectivity index is 1.33. The Morgan fingerprint density at radius 1 is 0.451 bits per heavy atom. The highest BCUT2D eigenvalue weighted by Crippen LogP contribution is 2.60. The van der Waals surface area contributed by atoms with E-state index in [0.717, 1.165) is 73.6 Å². The van der Waals surface area contributed by atoms with E-state index < -0.39 is 0 Å². The molecule has 1 aromatic heterocycles. The molecule has 0 amide bonds. The Kier molecular flexibility index (Phi) is 5.98. The van der Waals surface area contributed by atoms with Crippen molar-refractivity contribution >= 4 is 85.1 Å². The van der Waals surface area contributed by atoms with Gasteiger partial charge >= 0.3 is 0 Å². The molecule has 0 radical (unpaired) electrons. The molecule has 0 saturated heterocycles. The number of rotatable bonds is 3. The maximum atomic E-state index is 7.00. The molecule has 7 aromatic carbocycles. The van der Waals surface area contributed by atoms with Crippen molar-refractivity contribution in [3.05, 3.63) is 176 Å². The first-order valence-electron chi connectivity index (χ1n) is 17.3. The number of fused-ring (bicyclic) bond motifs is 8. The summed E-state index contributed by atoms with van der Waals surface area (Å²) in [4.78, 5) is 11.9. The summed E-state index contributed by atoms with van der Waals surface area (Å²) in [5, 5.41) is 2.37. The normalized spacial score (nSPS) is 13.5. The van der Waals surface area contributed by atoms with Gasteiger partial charge in [0.25, 0.3) is 6.71 Å². The van der Waals surface area contributed by atoms with E-state index in [1.165, 1.54) is 16.2 Å². The van der Waals surface area contributed by atoms with E-state index in [1.54, 1.807) is 0 Å². The van der Waals surface area contributed by atoms with Gasteiger partial charge in [0.1, 0.15) is 11.5 Å². The molecule has 0 saturated carbocycles. The van der Waals surface area contributed by atoms with Gasteiger partial charge in [-0.15, -0.1) is 0 Å². The molecule has 0 aliphatic carbocycles. The number of benzene rings is 7. The van der Waals surface area contributed by atoms with E-state index >= 15 is 0 Å². The first-order chi connectivity index (χ1) is 25.3. The maximum absolute atomic E-state index is 7.00. The monoisotopic (exact) mass is 652 g/mol. The third-order valence-corrected chi connectivity index (χ3v) is 10.5. The second-order valence-electron chi connectivity index (χ2n) is 13.2. The minimum absolute atomic E-state index is 0.0322. The Labute approximate surface area is 296 Å². The van der Waals surface area contributed by atoms with Crippen molar-refractivity contribution in [3.8, 4) is 11.5 Å². The number of nitrogens with zero attached hydrogens (tertiary/aromatic N) is 4. The van der Waals surface area contributed by atoms with Gasteiger partial charge in [-0.05, 0) is 76.4 Å². The number of hydrogen-bond acceptors (Lipinski definition) is 5. The molecule has 4 heterocycles. The van der Waals surface area contributed by atoms with Crippen molar-refractivity contribution in [1.82, 2.24) is 4.98 Å². The Bertz CT molecular complexity index is 2660. The summed E-state index contributed by atoms with van der Waals surface area (Å²) >= 11 is 0. The number of aromatic nitrogens is 1. The van der Waals surface area contributed by atoms with Crippen LogP contribution in [0.3, 0.4) is 0 Å². The molecule has 3 aliphatic rings. The summed E-state index contributed by atoms with van der Waals surface area (Å²) in [7, 11) is 0. The van der Waals surface area contributed by atoms with Crippen LogP contribution in [0, 0.1) is 0 Å². The van der Waals surface area contributed by atoms with Gasteiger partial charge in [0, 0.05) is 29.0 Å². The van der Waals surface area contributed by atoms with Crippen molar-refractivity contribution in [2.45, 2.75) is 0 Å². The van der Waals surface area contributed by atoms with Crippen molar-refractivity contribution < 1.29 is 4.74 Å². The van der Waals surface area contributed by atoms with Gasteiger partial charge in [0.15, 0.2) is 0 Å². The summed E-state index contributed by atoms with van der Waals surface area (Å²) in [5.41, 5.74) is 13.2. The topological polar surface area (TPSA) is 31.8 Å². The summed E-state index contributed by atoms with van der Waals surface area (Å²) in [6, 6.07) is 58.5. The molecular weight excluding hydrogens is 623 g/mol. The molecule has 3 aliphatic heterocycles. The van der Waals surface area contributed by atoms with Gasteiger partial charge in [-0.1, -0.05) is 103 Å². The number of para-hydroxylation sites is 5. The van der Waals surface area contributed by atoms with Crippen LogP contribution in [0.5, 0.6) is 11.5 Å². The van der Waals surface area contributed by atoms with Crippen molar-refractivity contribution in [2.75, 3.05) is 14.7 Å². The first kappa shape index (κ1) is 28.1. The van der Waals surface area contributed by atoms with E-state index in [2.05, 4.69) is 177 Å². The maximum Gasteiger partial charge on any atom is 0.256 e. The summed E-state index contributed by atoms with van der Waals surface area (Å²) in [6.45, 7) is -0.0322. The minimum atomic E-state index is -0.0322. The number of hydrogen-bond donors (Lipinski definition) is 0. The van der Waals surface area contributed by atoms with Gasteiger partial charge in [0.2, 0.25) is 0 Å². The number of ether oxygens (including phenoxy) is 1. The van der Waals surface area contributed by atoms with E-state index in [4.69, 9.17) is 4.74 Å². The van der Waals surface area contributed by atoms with Gasteiger partial charge in [-0.25, -0.2) is 0 Å². The van der Waals surface area contributed by atoms with E-state index in [0.29, 0.717) is 0 Å². The summed E-state index contributed by atoms with van der Waals surface area (Å²) in [6.07, 6.45) is 3.80. The predicted octanol–water partition coefficient (Wildman–Crippen LogP) is 9.89. The zero-order valence-electron chi connectivity index (χ0n) is 27.5. The molecule has 0 bridgehead atoms. The van der Waals surface area contributed by atoms with Crippen LogP contribution in [0.2, 0.25) is 0 Å². The summed E-state index contributed by atoms with van der Waals surface area (Å²) < 4.78 is 7.00. The fourth-order valence-corrected chi connectivity index (χ4v) is 8.44. The Morgan fingerprint density at radius 2 is 1.10 bits per heavy atom. The highest BCUT2D eigenvalue weighted by molar-refractivity contribution is 6.99. The van der Waals surface area contributed by atoms with Crippen molar-refractivity contribution in [2.24, 2.45) is 0 Å². The lowest BCUT2D eigenvalue weighted by molar-refractivity contribution is 0.487. The van der Waals surface area contributed by atoms with Crippen LogP contribution >= 0.6 is 0 Å². The van der Waals surface area contributed by atoms with E-state index in [1.807, 2.05) is 18.5 Å². The molecule has 11 rings (SSSR count). The highest BCUT2D eigenvalue weighted by atomic mass is 16.5. The molecule has 0 atom stereocenters. The van der Waals surface area contributed by atoms with Crippen LogP contribution in [0.1, 0.15) is 0 Å². The number of pyridine rings is 1. The standard InChI is InChI=1S/C45H29BN4O/c1-2-16-31(17-3-1)48-38-23-9-10-24-39(38)50(36-25-12-15-30-14-4-5-19-33(30)36)40-28-42-43-45(44(40)48)49(32-18-13-27-47-29-32)37-22-8-6-20-34(37)46(43)35-21-7-11-26-41(35)51-42/h1-29H. The Morgan fingerprint density at radius 3 is 1.94 bits per heavy atom. The molecular formula is C45H29BN4O. The van der Waals surface area contributed by atoms with Crippen LogP contribution in [-0.4, -0.2) is 11.7 Å². The van der Waals surface area contributed by atoms with E-state index in [-0.39, 0.29) is 6.71 Å². The summed E-state index contributed by atoms with van der Waals surface area (Å²) in [5.74, 6) is 1.74. The molecule has 0 N–H and O–H groups in total. The average molecular weight is 653 g/mol. The highest BCUT2D eigenvalue weighted by Gasteiger charge is 2.46. The largest absolute Gasteiger partial charge is 0.458 e. The molecule has 0 spiro atoms. The van der Waals surface area contributed by atoms with Crippen molar-refractivity contribution in [1.29, 1.82) is 0 Å². The van der Waals surface area contributed by atoms with Gasteiger partial charge < -0.3 is 19.4 Å². The lowest BCUT2D eigenvalue weighted by atomic mass is 9.34. The molecule has 0 unspecified atom stereocenters. The molecule has 5 nitrogen and oxygen atoms in total. The van der Waals surface area contributed by atoms with Crippen LogP contribution in [0.15, 0.2) is 176 Å². The number of anilines is 9. The van der Waals surface area contributed by atoms with Gasteiger partial charge in [0.05, 0.1) is 46.0 Å². The molecule has 6 heteroatoms. The third kappa shape index (κ3) is 4.02. The van der Waals surface area contributed by atoms with Crippen LogP contribution < -0.4 is 35.8 Å². The zero-order valence-corrected chi connectivity index (χ0v) is 27.5. The quantitative estimate of drug-likeness (QED) is 0.178. The van der Waals surface area contributed by atoms with Crippen LogP contribution in [-0.2, 0) is 0 Å². The molecule has 51 heavy (non-hydrogen) atoms. The zero-order chi connectivity index (χ0) is 33.5. The average Bonchev–Trinajstić information content (AvgIpc) is 3.20. The molecule has 8 aromatic rings. The first-order valence-corrected chi connectivity index (χ1v) is 17.3. The second kappa shape index (κ2) is 10.9. The SMILES string of the molecule is c1ccc(N2c3ccccc3N(c3cccc4ccccc34)c3cc4c5c(c32)N(c2cccnc2)c2ccccc2B5c2ccccc2O4)cc1. The lowest BCUT2D eigenvalue weighted by Crippen LogP contribution is -2.59. The minimum Gasteiger partial charge on any atom is -0.458 e. The van der Waals surface area contributed by atoms with Crippen LogP contribution in [0.25, 0.3) is 10.8 Å². The van der Waals surface area contributed by atoms with Gasteiger partial charge in [-0.3, -0.25) is 4.98 Å². The van der Waals surface area contributed by atoms with E-state index in [9.17, 15) is 0 Å². The van der Waals surface area contributed by atoms with Crippen molar-refractivity contribution in [3.63, 3.8) is 0 Å². The fourth-order valence-electron chi connectivity index (χ4n) is 8.44.